The zero-order valence-electron chi connectivity index (χ0n) is 15.9. The Kier molecular flexibility index (Phi) is 5.34. The van der Waals surface area contributed by atoms with Crippen molar-refractivity contribution in [1.82, 2.24) is 4.98 Å². The summed E-state index contributed by atoms with van der Waals surface area (Å²) < 4.78 is 29.1. The molecule has 0 amide bonds. The molecular formula is C22H24F2N4O. The molecule has 3 unspecified atom stereocenters. The van der Waals surface area contributed by atoms with Gasteiger partial charge in [-0.15, -0.1) is 0 Å². The van der Waals surface area contributed by atoms with Crippen LogP contribution in [0, 0.1) is 11.6 Å². The highest BCUT2D eigenvalue weighted by molar-refractivity contribution is 5.83. The molecule has 3 atom stereocenters. The van der Waals surface area contributed by atoms with Crippen molar-refractivity contribution >= 4 is 11.4 Å². The van der Waals surface area contributed by atoms with E-state index in [-0.39, 0.29) is 17.5 Å². The number of nitrogens with zero attached hydrogens (tertiary/aromatic N) is 2. The number of nitrogens with two attached hydrogens (primary N) is 2. The third-order valence-electron chi connectivity index (χ3n) is 5.73. The summed E-state index contributed by atoms with van der Waals surface area (Å²) in [6.07, 6.45) is 8.20. The zero-order chi connectivity index (χ0) is 20.5. The molecule has 1 saturated carbocycles. The van der Waals surface area contributed by atoms with Crippen LogP contribution in [0.4, 0.5) is 14.5 Å². The molecule has 0 bridgehead atoms. The van der Waals surface area contributed by atoms with Crippen molar-refractivity contribution in [3.63, 3.8) is 0 Å². The second-order valence-corrected chi connectivity index (χ2v) is 7.65. The predicted molar refractivity (Wildman–Crippen MR) is 109 cm³/mol. The van der Waals surface area contributed by atoms with Gasteiger partial charge in [-0.1, -0.05) is 6.07 Å². The van der Waals surface area contributed by atoms with E-state index in [4.69, 9.17) is 11.5 Å². The first-order valence-corrected chi connectivity index (χ1v) is 9.71. The van der Waals surface area contributed by atoms with Gasteiger partial charge in [0.1, 0.15) is 11.6 Å². The number of aliphatic hydroxyl groups is 1. The van der Waals surface area contributed by atoms with E-state index in [2.05, 4.69) is 4.98 Å². The minimum Gasteiger partial charge on any atom is -0.401 e. The number of halogens is 2. The molecular weight excluding hydrogens is 374 g/mol. The normalized spacial score (nSPS) is 24.8. The molecule has 1 aliphatic carbocycles. The summed E-state index contributed by atoms with van der Waals surface area (Å²) in [4.78, 5) is 6.05. The van der Waals surface area contributed by atoms with Gasteiger partial charge in [0, 0.05) is 17.9 Å². The van der Waals surface area contributed by atoms with Crippen molar-refractivity contribution in [1.29, 1.82) is 0 Å². The summed E-state index contributed by atoms with van der Waals surface area (Å²) in [5, 5.41) is 9.98. The maximum absolute atomic E-state index is 14.6. The van der Waals surface area contributed by atoms with Gasteiger partial charge in [-0.25, -0.2) is 8.78 Å². The van der Waals surface area contributed by atoms with Gasteiger partial charge in [-0.3, -0.25) is 4.98 Å². The van der Waals surface area contributed by atoms with Crippen molar-refractivity contribution in [2.24, 2.45) is 11.5 Å². The predicted octanol–water partition coefficient (Wildman–Crippen LogP) is 3.02. The van der Waals surface area contributed by atoms with E-state index in [1.807, 2.05) is 6.07 Å². The lowest BCUT2D eigenvalue weighted by Gasteiger charge is -2.36. The van der Waals surface area contributed by atoms with Crippen molar-refractivity contribution in [3.05, 3.63) is 77.3 Å². The van der Waals surface area contributed by atoms with Crippen LogP contribution in [0.25, 0.3) is 5.70 Å². The Bertz CT molecular complexity index is 955. The quantitative estimate of drug-likeness (QED) is 0.740. The molecule has 1 aromatic carbocycles. The molecule has 0 radical (unpaired) electrons. The molecule has 0 saturated heterocycles. The van der Waals surface area contributed by atoms with Gasteiger partial charge >= 0.3 is 0 Å². The van der Waals surface area contributed by atoms with Crippen LogP contribution in [-0.4, -0.2) is 28.8 Å². The number of hydrogen-bond acceptors (Lipinski definition) is 5. The fourth-order valence-corrected chi connectivity index (χ4v) is 4.21. The molecule has 7 heteroatoms. The topological polar surface area (TPSA) is 88.4 Å². The van der Waals surface area contributed by atoms with Crippen molar-refractivity contribution < 1.29 is 13.9 Å². The number of aliphatic hydroxyl groups excluding tert-OH is 1. The van der Waals surface area contributed by atoms with E-state index < -0.39 is 17.7 Å². The lowest BCUT2D eigenvalue weighted by molar-refractivity contribution is 0.101. The number of aromatic nitrogens is 1. The van der Waals surface area contributed by atoms with Gasteiger partial charge < -0.3 is 21.5 Å². The van der Waals surface area contributed by atoms with Gasteiger partial charge in [0.05, 0.1) is 35.8 Å². The first-order valence-electron chi connectivity index (χ1n) is 9.71. The maximum Gasteiger partial charge on any atom is 0.135 e. The number of hydrogen-bond donors (Lipinski definition) is 3. The Morgan fingerprint density at radius 3 is 2.59 bits per heavy atom. The van der Waals surface area contributed by atoms with E-state index in [0.717, 1.165) is 17.7 Å². The summed E-state index contributed by atoms with van der Waals surface area (Å²) >= 11 is 0. The monoisotopic (exact) mass is 398 g/mol. The fourth-order valence-electron chi connectivity index (χ4n) is 4.21. The molecule has 5 nitrogen and oxygen atoms in total. The van der Waals surface area contributed by atoms with Crippen molar-refractivity contribution in [2.45, 2.75) is 37.3 Å². The van der Waals surface area contributed by atoms with E-state index >= 15 is 0 Å². The lowest BCUT2D eigenvalue weighted by Crippen LogP contribution is -2.40. The SMILES string of the molecule is NC1=CC=C(c2c(F)cccc2F)N(c2cnccc2C2CCC(O)C(N)C2)C1. The number of allylic oxidation sites excluding steroid dienone is 2. The maximum atomic E-state index is 14.6. The summed E-state index contributed by atoms with van der Waals surface area (Å²) in [6, 6.07) is 5.43. The first-order chi connectivity index (χ1) is 14.0. The average molecular weight is 398 g/mol. The number of benzene rings is 1. The molecule has 4 rings (SSSR count). The third kappa shape index (κ3) is 3.75. The third-order valence-corrected chi connectivity index (χ3v) is 5.73. The molecule has 2 heterocycles. The van der Waals surface area contributed by atoms with Gasteiger partial charge in [0.2, 0.25) is 0 Å². The summed E-state index contributed by atoms with van der Waals surface area (Å²) in [5.41, 5.74) is 14.8. The number of anilines is 1. The van der Waals surface area contributed by atoms with E-state index in [1.165, 1.54) is 18.2 Å². The van der Waals surface area contributed by atoms with Crippen LogP contribution < -0.4 is 16.4 Å². The Balaban J connectivity index is 1.78. The van der Waals surface area contributed by atoms with Crippen LogP contribution in [0.2, 0.25) is 0 Å². The van der Waals surface area contributed by atoms with Crippen LogP contribution in [0.3, 0.4) is 0 Å². The molecule has 2 aromatic rings. The molecule has 0 spiro atoms. The Labute approximate surface area is 168 Å². The summed E-state index contributed by atoms with van der Waals surface area (Å²) in [7, 11) is 0. The largest absolute Gasteiger partial charge is 0.401 e. The minimum atomic E-state index is -0.636. The van der Waals surface area contributed by atoms with Crippen LogP contribution in [0.15, 0.2) is 54.5 Å². The smallest absolute Gasteiger partial charge is 0.135 e. The molecule has 2 aliphatic rings. The van der Waals surface area contributed by atoms with Crippen LogP contribution in [0.5, 0.6) is 0 Å². The number of rotatable bonds is 3. The molecule has 29 heavy (non-hydrogen) atoms. The van der Waals surface area contributed by atoms with E-state index in [9.17, 15) is 13.9 Å². The van der Waals surface area contributed by atoms with Crippen molar-refractivity contribution in [3.8, 4) is 0 Å². The Morgan fingerprint density at radius 2 is 1.86 bits per heavy atom. The standard InChI is InChI=1S/C22H24F2N4O/c23-16-2-1-3-17(24)22(16)19-6-5-14(25)12-28(19)20-11-27-9-8-15(20)13-4-7-21(29)18(26)10-13/h1-3,5-6,8-9,11,13,18,21,29H,4,7,10,12,25-26H2. The highest BCUT2D eigenvalue weighted by Crippen LogP contribution is 2.40. The molecule has 5 N–H and O–H groups in total. The molecule has 1 aliphatic heterocycles. The highest BCUT2D eigenvalue weighted by Gasteiger charge is 2.31. The average Bonchev–Trinajstić information content (AvgIpc) is 2.71. The van der Waals surface area contributed by atoms with Gasteiger partial charge in [-0.05, 0) is 61.1 Å². The summed E-state index contributed by atoms with van der Waals surface area (Å²) in [6.45, 7) is 0.291. The Morgan fingerprint density at radius 1 is 1.10 bits per heavy atom. The Hall–Kier alpha value is -2.77. The van der Waals surface area contributed by atoms with Crippen LogP contribution in [-0.2, 0) is 0 Å². The van der Waals surface area contributed by atoms with Crippen LogP contribution in [0.1, 0.15) is 36.3 Å². The highest BCUT2D eigenvalue weighted by atomic mass is 19.1. The number of pyridine rings is 1. The zero-order valence-corrected chi connectivity index (χ0v) is 15.9. The summed E-state index contributed by atoms with van der Waals surface area (Å²) in [5.74, 6) is -1.16. The fraction of sp³-hybridized carbons (Fsp3) is 0.318. The van der Waals surface area contributed by atoms with E-state index in [0.29, 0.717) is 30.8 Å². The second-order valence-electron chi connectivity index (χ2n) is 7.65. The van der Waals surface area contributed by atoms with Gasteiger partial charge in [0.15, 0.2) is 0 Å². The molecule has 152 valence electrons. The van der Waals surface area contributed by atoms with Crippen LogP contribution >= 0.6 is 0 Å². The molecule has 1 fully saturated rings. The van der Waals surface area contributed by atoms with Gasteiger partial charge in [-0.2, -0.15) is 0 Å². The van der Waals surface area contributed by atoms with Crippen molar-refractivity contribution in [2.75, 3.05) is 11.4 Å². The first kappa shape index (κ1) is 19.5. The minimum absolute atomic E-state index is 0.0955. The van der Waals surface area contributed by atoms with E-state index in [1.54, 1.807) is 29.4 Å². The van der Waals surface area contributed by atoms with Gasteiger partial charge in [0.25, 0.3) is 0 Å². The molecule has 1 aromatic heterocycles. The lowest BCUT2D eigenvalue weighted by atomic mass is 9.79. The second kappa shape index (κ2) is 7.93.